The van der Waals surface area contributed by atoms with Gasteiger partial charge in [0.25, 0.3) is 0 Å². The zero-order chi connectivity index (χ0) is 15.5. The summed E-state index contributed by atoms with van der Waals surface area (Å²) in [6, 6.07) is 16.5. The first kappa shape index (κ1) is 14.5. The Hall–Kier alpha value is -2.46. The smallest absolute Gasteiger partial charge is 0.247 e. The molecule has 0 spiro atoms. The summed E-state index contributed by atoms with van der Waals surface area (Å²) in [6.07, 6.45) is 0.109. The summed E-state index contributed by atoms with van der Waals surface area (Å²) >= 11 is 0. The van der Waals surface area contributed by atoms with Crippen molar-refractivity contribution in [2.24, 2.45) is 0 Å². The van der Waals surface area contributed by atoms with Gasteiger partial charge in [0.1, 0.15) is 0 Å². The van der Waals surface area contributed by atoms with Crippen LogP contribution in [0.3, 0.4) is 0 Å². The van der Waals surface area contributed by atoms with E-state index in [1.807, 2.05) is 19.1 Å². The van der Waals surface area contributed by atoms with Crippen LogP contribution in [0.5, 0.6) is 0 Å². The molecule has 0 aliphatic rings. The second kappa shape index (κ2) is 6.12. The van der Waals surface area contributed by atoms with E-state index >= 15 is 0 Å². The van der Waals surface area contributed by atoms with E-state index in [1.54, 1.807) is 14.0 Å². The number of hydrogen-bond acceptors (Lipinski definition) is 4. The Morgan fingerprint density at radius 1 is 0.864 bits per heavy atom. The van der Waals surface area contributed by atoms with Gasteiger partial charge in [-0.1, -0.05) is 36.4 Å². The molecule has 0 fully saturated rings. The van der Waals surface area contributed by atoms with Gasteiger partial charge >= 0.3 is 0 Å². The van der Waals surface area contributed by atoms with E-state index in [-0.39, 0.29) is 6.10 Å². The lowest BCUT2D eigenvalue weighted by Gasteiger charge is -2.10. The average molecular weight is 294 g/mol. The van der Waals surface area contributed by atoms with Crippen molar-refractivity contribution in [2.45, 2.75) is 20.0 Å². The molecule has 3 rings (SSSR count). The number of benzene rings is 2. The highest BCUT2D eigenvalue weighted by Crippen LogP contribution is 2.26. The van der Waals surface area contributed by atoms with Gasteiger partial charge < -0.3 is 9.15 Å². The van der Waals surface area contributed by atoms with Crippen LogP contribution < -0.4 is 0 Å². The number of rotatable bonds is 4. The molecule has 1 aromatic heterocycles. The van der Waals surface area contributed by atoms with Crippen LogP contribution in [0.2, 0.25) is 0 Å². The number of aromatic nitrogens is 2. The largest absolute Gasteiger partial charge is 0.421 e. The number of ether oxygens (including phenoxy) is 1. The standard InChI is InChI=1S/C18H18N2O2/c1-12(21-3)14-4-6-15(7-5-14)16-8-10-17(11-9-16)18-20-19-13(2)22-18/h4-12H,1-3H3/t12-/m0/s1. The van der Waals surface area contributed by atoms with Crippen molar-refractivity contribution >= 4 is 0 Å². The molecule has 112 valence electrons. The zero-order valence-corrected chi connectivity index (χ0v) is 12.9. The van der Waals surface area contributed by atoms with E-state index in [2.05, 4.69) is 46.6 Å². The summed E-state index contributed by atoms with van der Waals surface area (Å²) in [7, 11) is 1.72. The SMILES string of the molecule is CO[C@@H](C)c1ccc(-c2ccc(-c3nnc(C)o3)cc2)cc1. The van der Waals surface area contributed by atoms with Crippen molar-refractivity contribution < 1.29 is 9.15 Å². The quantitative estimate of drug-likeness (QED) is 0.714. The van der Waals surface area contributed by atoms with E-state index in [0.29, 0.717) is 11.8 Å². The molecule has 4 heteroatoms. The molecule has 0 saturated heterocycles. The minimum atomic E-state index is 0.109. The topological polar surface area (TPSA) is 48.2 Å². The predicted octanol–water partition coefficient (Wildman–Crippen LogP) is 4.42. The molecule has 0 aliphatic carbocycles. The first-order valence-corrected chi connectivity index (χ1v) is 7.21. The van der Waals surface area contributed by atoms with Crippen molar-refractivity contribution in [3.63, 3.8) is 0 Å². The van der Waals surface area contributed by atoms with Crippen molar-refractivity contribution in [3.05, 3.63) is 60.0 Å². The van der Waals surface area contributed by atoms with Crippen molar-refractivity contribution in [3.8, 4) is 22.6 Å². The summed E-state index contributed by atoms with van der Waals surface area (Å²) in [4.78, 5) is 0. The van der Waals surface area contributed by atoms with Crippen LogP contribution in [0, 0.1) is 6.92 Å². The third-order valence-corrected chi connectivity index (χ3v) is 3.72. The Bertz CT molecular complexity index is 746. The first-order chi connectivity index (χ1) is 10.7. The fourth-order valence-electron chi connectivity index (χ4n) is 2.30. The molecule has 0 N–H and O–H groups in total. The van der Waals surface area contributed by atoms with Gasteiger partial charge in [0.05, 0.1) is 6.10 Å². The highest BCUT2D eigenvalue weighted by Gasteiger charge is 2.07. The number of methoxy groups -OCH3 is 1. The molecule has 4 nitrogen and oxygen atoms in total. The molecular weight excluding hydrogens is 276 g/mol. The maximum Gasteiger partial charge on any atom is 0.247 e. The molecule has 22 heavy (non-hydrogen) atoms. The molecule has 0 bridgehead atoms. The first-order valence-electron chi connectivity index (χ1n) is 7.21. The van der Waals surface area contributed by atoms with Gasteiger partial charge in [-0.25, -0.2) is 0 Å². The third kappa shape index (κ3) is 2.92. The molecule has 3 aromatic rings. The summed E-state index contributed by atoms with van der Waals surface area (Å²) in [5.41, 5.74) is 4.41. The minimum Gasteiger partial charge on any atom is -0.421 e. The molecule has 0 unspecified atom stereocenters. The highest BCUT2D eigenvalue weighted by atomic mass is 16.5. The highest BCUT2D eigenvalue weighted by molar-refractivity contribution is 5.67. The maximum absolute atomic E-state index is 5.43. The number of hydrogen-bond donors (Lipinski definition) is 0. The summed E-state index contributed by atoms with van der Waals surface area (Å²) < 4.78 is 10.8. The van der Waals surface area contributed by atoms with Crippen LogP contribution in [0.25, 0.3) is 22.6 Å². The normalized spacial score (nSPS) is 12.3. The lowest BCUT2D eigenvalue weighted by Crippen LogP contribution is -1.94. The lowest BCUT2D eigenvalue weighted by molar-refractivity contribution is 0.119. The Morgan fingerprint density at radius 2 is 1.41 bits per heavy atom. The third-order valence-electron chi connectivity index (χ3n) is 3.72. The molecular formula is C18H18N2O2. The van der Waals surface area contributed by atoms with Crippen molar-refractivity contribution in [1.29, 1.82) is 0 Å². The van der Waals surface area contributed by atoms with Gasteiger partial charge in [-0.15, -0.1) is 10.2 Å². The Balaban J connectivity index is 1.83. The van der Waals surface area contributed by atoms with Gasteiger partial charge in [-0.3, -0.25) is 0 Å². The summed E-state index contributed by atoms with van der Waals surface area (Å²) in [6.45, 7) is 3.82. The average Bonchev–Trinajstić information content (AvgIpc) is 3.01. The van der Waals surface area contributed by atoms with Gasteiger partial charge in [0.2, 0.25) is 11.8 Å². The Kier molecular flexibility index (Phi) is 4.02. The van der Waals surface area contributed by atoms with E-state index in [0.717, 1.165) is 11.1 Å². The number of nitrogens with zero attached hydrogens (tertiary/aromatic N) is 2. The number of aryl methyl sites for hydroxylation is 1. The second-order valence-electron chi connectivity index (χ2n) is 5.20. The zero-order valence-electron chi connectivity index (χ0n) is 12.9. The fourth-order valence-corrected chi connectivity index (χ4v) is 2.30. The lowest BCUT2D eigenvalue weighted by atomic mass is 10.0. The van der Waals surface area contributed by atoms with Gasteiger partial charge in [0, 0.05) is 19.6 Å². The van der Waals surface area contributed by atoms with Gasteiger partial charge in [0.15, 0.2) is 0 Å². The van der Waals surface area contributed by atoms with E-state index in [1.165, 1.54) is 11.1 Å². The fraction of sp³-hybridized carbons (Fsp3) is 0.222. The van der Waals surface area contributed by atoms with Crippen LogP contribution in [-0.2, 0) is 4.74 Å². The molecule has 0 radical (unpaired) electrons. The van der Waals surface area contributed by atoms with Crippen molar-refractivity contribution in [2.75, 3.05) is 7.11 Å². The van der Waals surface area contributed by atoms with Crippen molar-refractivity contribution in [1.82, 2.24) is 10.2 Å². The van der Waals surface area contributed by atoms with Gasteiger partial charge in [-0.2, -0.15) is 0 Å². The van der Waals surface area contributed by atoms with Crippen LogP contribution in [0.15, 0.2) is 52.9 Å². The molecule has 0 amide bonds. The molecule has 0 saturated carbocycles. The molecule has 1 atom stereocenters. The monoisotopic (exact) mass is 294 g/mol. The summed E-state index contributed by atoms with van der Waals surface area (Å²) in [5.74, 6) is 1.12. The van der Waals surface area contributed by atoms with Crippen LogP contribution in [0.1, 0.15) is 24.5 Å². The maximum atomic E-state index is 5.43. The van der Waals surface area contributed by atoms with Crippen LogP contribution in [0.4, 0.5) is 0 Å². The minimum absolute atomic E-state index is 0.109. The Morgan fingerprint density at radius 3 is 1.91 bits per heavy atom. The molecule has 0 aliphatic heterocycles. The van der Waals surface area contributed by atoms with E-state index in [4.69, 9.17) is 9.15 Å². The van der Waals surface area contributed by atoms with E-state index < -0.39 is 0 Å². The summed E-state index contributed by atoms with van der Waals surface area (Å²) in [5, 5.41) is 7.88. The van der Waals surface area contributed by atoms with E-state index in [9.17, 15) is 0 Å². The molecule has 2 aromatic carbocycles. The second-order valence-corrected chi connectivity index (χ2v) is 5.20. The van der Waals surface area contributed by atoms with Crippen LogP contribution >= 0.6 is 0 Å². The van der Waals surface area contributed by atoms with Crippen LogP contribution in [-0.4, -0.2) is 17.3 Å². The van der Waals surface area contributed by atoms with Gasteiger partial charge in [-0.05, 0) is 35.7 Å². The molecule has 1 heterocycles. The predicted molar refractivity (Wildman–Crippen MR) is 85.3 cm³/mol. The Labute approximate surface area is 129 Å².